The van der Waals surface area contributed by atoms with Gasteiger partial charge in [-0.25, -0.2) is 0 Å². The first-order chi connectivity index (χ1) is 7.25. The molecule has 0 radical (unpaired) electrons. The minimum absolute atomic E-state index is 0.0462. The van der Waals surface area contributed by atoms with Crippen LogP contribution >= 0.6 is 0 Å². The molecule has 0 bridgehead atoms. The minimum atomic E-state index is -0.354. The van der Waals surface area contributed by atoms with Crippen molar-refractivity contribution in [2.75, 3.05) is 13.1 Å². The van der Waals surface area contributed by atoms with E-state index in [1.54, 1.807) is 0 Å². The van der Waals surface area contributed by atoms with Crippen LogP contribution in [0.2, 0.25) is 0 Å². The maximum absolute atomic E-state index is 12.0. The van der Waals surface area contributed by atoms with Crippen molar-refractivity contribution in [3.05, 3.63) is 0 Å². The maximum atomic E-state index is 12.0. The van der Waals surface area contributed by atoms with Gasteiger partial charge in [0.15, 0.2) is 0 Å². The first-order valence-electron chi connectivity index (χ1n) is 5.67. The third kappa shape index (κ3) is 2.97. The van der Waals surface area contributed by atoms with Crippen LogP contribution in [0.15, 0.2) is 0 Å². The van der Waals surface area contributed by atoms with E-state index in [9.17, 15) is 4.79 Å². The van der Waals surface area contributed by atoms with Crippen molar-refractivity contribution in [1.29, 1.82) is 0 Å². The zero-order chi connectivity index (χ0) is 11.1. The van der Waals surface area contributed by atoms with Crippen molar-refractivity contribution in [2.24, 2.45) is 11.1 Å². The SMILES string of the molecule is C#CCNC(=O)C1(CN)CCCCCC1. The molecule has 1 amide bonds. The normalized spacial score (nSPS) is 20.0. The molecule has 3 N–H and O–H groups in total. The molecule has 15 heavy (non-hydrogen) atoms. The molecule has 3 heteroatoms. The molecule has 84 valence electrons. The van der Waals surface area contributed by atoms with Gasteiger partial charge in [0.25, 0.3) is 0 Å². The van der Waals surface area contributed by atoms with E-state index in [1.165, 1.54) is 12.8 Å². The van der Waals surface area contributed by atoms with E-state index in [4.69, 9.17) is 12.2 Å². The third-order valence-electron chi connectivity index (χ3n) is 3.28. The van der Waals surface area contributed by atoms with Crippen LogP contribution in [0.1, 0.15) is 38.5 Å². The van der Waals surface area contributed by atoms with Crippen LogP contribution in [0.4, 0.5) is 0 Å². The van der Waals surface area contributed by atoms with Gasteiger partial charge >= 0.3 is 0 Å². The first-order valence-corrected chi connectivity index (χ1v) is 5.67. The Balaban J connectivity index is 2.64. The smallest absolute Gasteiger partial charge is 0.228 e. The molecular formula is C12H20N2O. The fraction of sp³-hybridized carbons (Fsp3) is 0.750. The van der Waals surface area contributed by atoms with Gasteiger partial charge in [-0.15, -0.1) is 6.42 Å². The second-order valence-electron chi connectivity index (χ2n) is 4.29. The quantitative estimate of drug-likeness (QED) is 0.538. The molecule has 0 heterocycles. The number of carbonyl (C=O) groups is 1. The summed E-state index contributed by atoms with van der Waals surface area (Å²) in [7, 11) is 0. The highest BCUT2D eigenvalue weighted by Crippen LogP contribution is 2.34. The molecule has 0 atom stereocenters. The number of nitrogens with one attached hydrogen (secondary N) is 1. The summed E-state index contributed by atoms with van der Waals surface area (Å²) < 4.78 is 0. The molecule has 1 saturated carbocycles. The Kier molecular flexibility index (Phi) is 4.64. The van der Waals surface area contributed by atoms with Crippen LogP contribution in [0, 0.1) is 17.8 Å². The highest BCUT2D eigenvalue weighted by Gasteiger charge is 2.36. The Morgan fingerprint density at radius 2 is 1.93 bits per heavy atom. The van der Waals surface area contributed by atoms with Crippen molar-refractivity contribution in [1.82, 2.24) is 5.32 Å². The highest BCUT2D eigenvalue weighted by atomic mass is 16.2. The Morgan fingerprint density at radius 3 is 2.40 bits per heavy atom. The number of carbonyl (C=O) groups excluding carboxylic acids is 1. The van der Waals surface area contributed by atoms with Crippen LogP contribution in [0.3, 0.4) is 0 Å². The lowest BCUT2D eigenvalue weighted by atomic mass is 9.79. The second-order valence-corrected chi connectivity index (χ2v) is 4.29. The van der Waals surface area contributed by atoms with Gasteiger partial charge in [0, 0.05) is 6.54 Å². The Labute approximate surface area is 91.8 Å². The molecular weight excluding hydrogens is 188 g/mol. The number of nitrogens with two attached hydrogens (primary N) is 1. The molecule has 1 rings (SSSR count). The molecule has 0 spiro atoms. The summed E-state index contributed by atoms with van der Waals surface area (Å²) in [5.41, 5.74) is 5.41. The van der Waals surface area contributed by atoms with E-state index in [1.807, 2.05) is 0 Å². The van der Waals surface area contributed by atoms with Gasteiger partial charge in [0.05, 0.1) is 12.0 Å². The van der Waals surface area contributed by atoms with E-state index < -0.39 is 0 Å². The van der Waals surface area contributed by atoms with Crippen LogP contribution in [-0.4, -0.2) is 19.0 Å². The van der Waals surface area contributed by atoms with E-state index in [2.05, 4.69) is 11.2 Å². The first kappa shape index (κ1) is 12.1. The third-order valence-corrected chi connectivity index (χ3v) is 3.28. The van der Waals surface area contributed by atoms with Crippen molar-refractivity contribution in [2.45, 2.75) is 38.5 Å². The minimum Gasteiger partial charge on any atom is -0.345 e. The zero-order valence-corrected chi connectivity index (χ0v) is 9.22. The van der Waals surface area contributed by atoms with Gasteiger partial charge in [-0.1, -0.05) is 31.6 Å². The average Bonchev–Trinajstić information content (AvgIpc) is 2.52. The van der Waals surface area contributed by atoms with Crippen molar-refractivity contribution < 1.29 is 4.79 Å². The maximum Gasteiger partial charge on any atom is 0.228 e. The zero-order valence-electron chi connectivity index (χ0n) is 9.22. The molecule has 3 nitrogen and oxygen atoms in total. The molecule has 1 aliphatic carbocycles. The Hall–Kier alpha value is -1.01. The van der Waals surface area contributed by atoms with E-state index in [-0.39, 0.29) is 11.3 Å². The van der Waals surface area contributed by atoms with Gasteiger partial charge in [-0.3, -0.25) is 4.79 Å². The fourth-order valence-corrected chi connectivity index (χ4v) is 2.25. The number of hydrogen-bond acceptors (Lipinski definition) is 2. The van der Waals surface area contributed by atoms with Crippen LogP contribution in [0.5, 0.6) is 0 Å². The number of amides is 1. The predicted molar refractivity (Wildman–Crippen MR) is 61.0 cm³/mol. The number of terminal acetylenes is 1. The Bertz CT molecular complexity index is 247. The van der Waals surface area contributed by atoms with Crippen molar-refractivity contribution >= 4 is 5.91 Å². The van der Waals surface area contributed by atoms with Gasteiger partial charge in [0.1, 0.15) is 0 Å². The van der Waals surface area contributed by atoms with Gasteiger partial charge in [-0.2, -0.15) is 0 Å². The monoisotopic (exact) mass is 208 g/mol. The van der Waals surface area contributed by atoms with Crippen molar-refractivity contribution in [3.63, 3.8) is 0 Å². The van der Waals surface area contributed by atoms with Gasteiger partial charge in [-0.05, 0) is 12.8 Å². The fourth-order valence-electron chi connectivity index (χ4n) is 2.25. The topological polar surface area (TPSA) is 55.1 Å². The number of hydrogen-bond donors (Lipinski definition) is 2. The standard InChI is InChI=1S/C12H20N2O/c1-2-9-14-11(15)12(10-13)7-5-3-4-6-8-12/h1H,3-10,13H2,(H,14,15). The van der Waals surface area contributed by atoms with E-state index >= 15 is 0 Å². The lowest BCUT2D eigenvalue weighted by Gasteiger charge is -2.29. The van der Waals surface area contributed by atoms with Crippen molar-refractivity contribution in [3.8, 4) is 12.3 Å². The molecule has 0 unspecified atom stereocenters. The second kappa shape index (κ2) is 5.77. The van der Waals surface area contributed by atoms with Crippen LogP contribution in [-0.2, 0) is 4.79 Å². The number of rotatable bonds is 3. The molecule has 1 aliphatic rings. The average molecular weight is 208 g/mol. The van der Waals surface area contributed by atoms with Crippen LogP contribution < -0.4 is 11.1 Å². The van der Waals surface area contributed by atoms with E-state index in [0.717, 1.165) is 25.7 Å². The Morgan fingerprint density at radius 1 is 1.33 bits per heavy atom. The summed E-state index contributed by atoms with van der Waals surface area (Å²) >= 11 is 0. The lowest BCUT2D eigenvalue weighted by molar-refractivity contribution is -0.131. The summed E-state index contributed by atoms with van der Waals surface area (Å²) in [5, 5.41) is 2.77. The summed E-state index contributed by atoms with van der Waals surface area (Å²) in [6.45, 7) is 0.740. The largest absolute Gasteiger partial charge is 0.345 e. The molecule has 0 aromatic rings. The summed E-state index contributed by atoms with van der Waals surface area (Å²) in [4.78, 5) is 12.0. The summed E-state index contributed by atoms with van der Waals surface area (Å²) in [6, 6.07) is 0. The summed E-state index contributed by atoms with van der Waals surface area (Å²) in [6.07, 6.45) is 11.6. The van der Waals surface area contributed by atoms with Gasteiger partial charge in [0.2, 0.25) is 5.91 Å². The van der Waals surface area contributed by atoms with E-state index in [0.29, 0.717) is 13.1 Å². The van der Waals surface area contributed by atoms with Gasteiger partial charge < -0.3 is 11.1 Å². The molecule has 0 aromatic carbocycles. The summed E-state index contributed by atoms with van der Waals surface area (Å²) in [5.74, 6) is 2.47. The molecule has 0 saturated heterocycles. The van der Waals surface area contributed by atoms with Crippen LogP contribution in [0.25, 0.3) is 0 Å². The molecule has 0 aromatic heterocycles. The predicted octanol–water partition coefficient (Wildman–Crippen LogP) is 1.04. The lowest BCUT2D eigenvalue weighted by Crippen LogP contribution is -2.45. The molecule has 0 aliphatic heterocycles. The molecule has 1 fully saturated rings. The highest BCUT2D eigenvalue weighted by molar-refractivity contribution is 5.83.